The molecule has 0 saturated heterocycles. The van der Waals surface area contributed by atoms with Gasteiger partial charge >= 0.3 is 0 Å². The van der Waals surface area contributed by atoms with Crippen LogP contribution in [0.1, 0.15) is 63.9 Å². The highest BCUT2D eigenvalue weighted by Crippen LogP contribution is 2.13. The van der Waals surface area contributed by atoms with Crippen molar-refractivity contribution in [2.45, 2.75) is 64.5 Å². The average Bonchev–Trinajstić information content (AvgIpc) is 2.44. The van der Waals surface area contributed by atoms with Crippen LogP contribution in [0.15, 0.2) is 30.3 Å². The Kier molecular flexibility index (Phi) is 8.81. The summed E-state index contributed by atoms with van der Waals surface area (Å²) in [7, 11) is 0. The molecule has 0 fully saturated rings. The van der Waals surface area contributed by atoms with Crippen molar-refractivity contribution in [1.29, 1.82) is 0 Å². The summed E-state index contributed by atoms with van der Waals surface area (Å²) in [6.45, 7) is 2.18. The van der Waals surface area contributed by atoms with Crippen LogP contribution in [0.2, 0.25) is 0 Å². The van der Waals surface area contributed by atoms with E-state index < -0.39 is 6.17 Å². The van der Waals surface area contributed by atoms with Gasteiger partial charge in [0.2, 0.25) is 0 Å². The second-order valence-electron chi connectivity index (χ2n) is 5.01. The number of alkyl halides is 1. The first-order valence-electron chi connectivity index (χ1n) is 7.51. The molecule has 1 heteroatoms. The van der Waals surface area contributed by atoms with Crippen LogP contribution in [0.4, 0.5) is 4.39 Å². The molecule has 0 aliphatic heterocycles. The monoisotopic (exact) mass is 260 g/mol. The van der Waals surface area contributed by atoms with Crippen molar-refractivity contribution in [3.8, 4) is 11.8 Å². The molecule has 0 spiro atoms. The van der Waals surface area contributed by atoms with E-state index in [2.05, 4.69) is 18.8 Å². The second-order valence-corrected chi connectivity index (χ2v) is 5.01. The Morgan fingerprint density at radius 3 is 2.47 bits per heavy atom. The van der Waals surface area contributed by atoms with Crippen LogP contribution in [-0.2, 0) is 0 Å². The van der Waals surface area contributed by atoms with E-state index in [1.165, 1.54) is 19.3 Å². The van der Waals surface area contributed by atoms with E-state index in [0.29, 0.717) is 6.42 Å². The molecule has 0 radical (unpaired) electrons. The summed E-state index contributed by atoms with van der Waals surface area (Å²) in [5.41, 5.74) is 1.04. The largest absolute Gasteiger partial charge is 0.247 e. The maximum Gasteiger partial charge on any atom is 0.100 e. The van der Waals surface area contributed by atoms with Gasteiger partial charge in [-0.25, -0.2) is 4.39 Å². The first kappa shape index (κ1) is 15.8. The molecular formula is C18H25F. The Balaban J connectivity index is 2.06. The number of hydrogen-bond acceptors (Lipinski definition) is 0. The van der Waals surface area contributed by atoms with E-state index in [-0.39, 0.29) is 0 Å². The van der Waals surface area contributed by atoms with E-state index >= 15 is 0 Å². The van der Waals surface area contributed by atoms with E-state index in [1.54, 1.807) is 0 Å². The molecule has 0 nitrogen and oxygen atoms in total. The van der Waals surface area contributed by atoms with Crippen molar-refractivity contribution < 1.29 is 4.39 Å². The molecule has 1 aromatic rings. The van der Waals surface area contributed by atoms with E-state index in [0.717, 1.165) is 31.2 Å². The predicted molar refractivity (Wildman–Crippen MR) is 80.8 cm³/mol. The van der Waals surface area contributed by atoms with Crippen molar-refractivity contribution in [2.75, 3.05) is 0 Å². The van der Waals surface area contributed by atoms with Crippen molar-refractivity contribution in [3.05, 3.63) is 35.9 Å². The SMILES string of the molecule is CCCCCCC(F)CCCC#Cc1ccccc1. The highest BCUT2D eigenvalue weighted by molar-refractivity contribution is 5.33. The normalized spacial score (nSPS) is 11.7. The van der Waals surface area contributed by atoms with Gasteiger partial charge in [0.1, 0.15) is 6.17 Å². The lowest BCUT2D eigenvalue weighted by Crippen LogP contribution is -1.99. The molecule has 0 aliphatic rings. The molecule has 1 unspecified atom stereocenters. The van der Waals surface area contributed by atoms with Gasteiger partial charge in [-0.3, -0.25) is 0 Å². The molecule has 0 bridgehead atoms. The van der Waals surface area contributed by atoms with Gasteiger partial charge in [0.05, 0.1) is 0 Å². The molecule has 19 heavy (non-hydrogen) atoms. The van der Waals surface area contributed by atoms with Crippen LogP contribution >= 0.6 is 0 Å². The van der Waals surface area contributed by atoms with Gasteiger partial charge < -0.3 is 0 Å². The summed E-state index contributed by atoms with van der Waals surface area (Å²) in [5, 5.41) is 0. The topological polar surface area (TPSA) is 0 Å². The average molecular weight is 260 g/mol. The summed E-state index contributed by atoms with van der Waals surface area (Å²) in [6, 6.07) is 9.95. The zero-order valence-electron chi connectivity index (χ0n) is 12.0. The fraction of sp³-hybridized carbons (Fsp3) is 0.556. The van der Waals surface area contributed by atoms with Crippen molar-refractivity contribution in [1.82, 2.24) is 0 Å². The minimum atomic E-state index is -0.629. The Bertz CT molecular complexity index is 372. The lowest BCUT2D eigenvalue weighted by Gasteiger charge is -2.06. The van der Waals surface area contributed by atoms with Gasteiger partial charge in [-0.1, -0.05) is 62.6 Å². The zero-order chi connectivity index (χ0) is 13.8. The smallest absolute Gasteiger partial charge is 0.100 e. The fourth-order valence-corrected chi connectivity index (χ4v) is 2.03. The Labute approximate surface area is 117 Å². The number of hydrogen-bond donors (Lipinski definition) is 0. The third kappa shape index (κ3) is 8.43. The van der Waals surface area contributed by atoms with Gasteiger partial charge in [0.25, 0.3) is 0 Å². The van der Waals surface area contributed by atoms with Crippen LogP contribution < -0.4 is 0 Å². The Hall–Kier alpha value is -1.29. The summed E-state index contributed by atoms with van der Waals surface area (Å²) >= 11 is 0. The van der Waals surface area contributed by atoms with Gasteiger partial charge in [0, 0.05) is 12.0 Å². The lowest BCUT2D eigenvalue weighted by atomic mass is 10.1. The fourth-order valence-electron chi connectivity index (χ4n) is 2.03. The summed E-state index contributed by atoms with van der Waals surface area (Å²) in [5.74, 6) is 6.22. The third-order valence-electron chi connectivity index (χ3n) is 3.20. The maximum atomic E-state index is 13.5. The van der Waals surface area contributed by atoms with Crippen LogP contribution in [-0.4, -0.2) is 6.17 Å². The van der Waals surface area contributed by atoms with E-state index in [4.69, 9.17) is 0 Å². The number of unbranched alkanes of at least 4 members (excludes halogenated alkanes) is 4. The molecule has 1 aromatic carbocycles. The van der Waals surface area contributed by atoms with Gasteiger partial charge in [-0.05, 0) is 31.4 Å². The maximum absolute atomic E-state index is 13.5. The summed E-state index contributed by atoms with van der Waals surface area (Å²) in [6.07, 6.45) is 7.08. The first-order valence-corrected chi connectivity index (χ1v) is 7.51. The number of halogens is 1. The predicted octanol–water partition coefficient (Wildman–Crippen LogP) is 5.52. The minimum absolute atomic E-state index is 0.629. The van der Waals surface area contributed by atoms with Crippen molar-refractivity contribution >= 4 is 0 Å². The lowest BCUT2D eigenvalue weighted by molar-refractivity contribution is 0.283. The van der Waals surface area contributed by atoms with Crippen molar-refractivity contribution in [2.24, 2.45) is 0 Å². The van der Waals surface area contributed by atoms with Gasteiger partial charge in [-0.2, -0.15) is 0 Å². The molecule has 0 N–H and O–H groups in total. The van der Waals surface area contributed by atoms with Crippen LogP contribution in [0.25, 0.3) is 0 Å². The van der Waals surface area contributed by atoms with Gasteiger partial charge in [-0.15, -0.1) is 0 Å². The Morgan fingerprint density at radius 1 is 1.00 bits per heavy atom. The minimum Gasteiger partial charge on any atom is -0.247 e. The Morgan fingerprint density at radius 2 is 1.74 bits per heavy atom. The quantitative estimate of drug-likeness (QED) is 0.426. The van der Waals surface area contributed by atoms with Crippen LogP contribution in [0.5, 0.6) is 0 Å². The first-order chi connectivity index (χ1) is 9.33. The molecule has 1 rings (SSSR count). The van der Waals surface area contributed by atoms with Crippen molar-refractivity contribution in [3.63, 3.8) is 0 Å². The van der Waals surface area contributed by atoms with Crippen LogP contribution in [0.3, 0.4) is 0 Å². The highest BCUT2D eigenvalue weighted by Gasteiger charge is 2.04. The molecule has 1 atom stereocenters. The molecule has 0 amide bonds. The zero-order valence-corrected chi connectivity index (χ0v) is 12.0. The molecule has 104 valence electrons. The van der Waals surface area contributed by atoms with Gasteiger partial charge in [0.15, 0.2) is 0 Å². The standard InChI is InChI=1S/C18H25F/c1-2-3-4-10-15-18(19)16-11-6-9-14-17-12-7-5-8-13-17/h5,7-8,12-13,18H,2-4,6,10-11,15-16H2,1H3. The molecule has 0 aliphatic carbocycles. The number of rotatable bonds is 8. The highest BCUT2D eigenvalue weighted by atomic mass is 19.1. The summed E-state index contributed by atoms with van der Waals surface area (Å²) < 4.78 is 13.5. The van der Waals surface area contributed by atoms with E-state index in [1.807, 2.05) is 30.3 Å². The molecule has 0 aromatic heterocycles. The molecule has 0 heterocycles. The summed E-state index contributed by atoms with van der Waals surface area (Å²) in [4.78, 5) is 0. The number of benzene rings is 1. The molecular weight excluding hydrogens is 235 g/mol. The van der Waals surface area contributed by atoms with E-state index in [9.17, 15) is 4.39 Å². The van der Waals surface area contributed by atoms with Crippen LogP contribution in [0, 0.1) is 11.8 Å². The molecule has 0 saturated carbocycles. The second kappa shape index (κ2) is 10.6. The third-order valence-corrected chi connectivity index (χ3v) is 3.20.